The molecule has 1 saturated heterocycles. The van der Waals surface area contributed by atoms with Gasteiger partial charge in [0.1, 0.15) is 17.8 Å². The van der Waals surface area contributed by atoms with E-state index in [1.165, 1.54) is 13.4 Å². The Morgan fingerprint density at radius 2 is 1.73 bits per heavy atom. The Labute approximate surface area is 174 Å². The summed E-state index contributed by atoms with van der Waals surface area (Å²) >= 11 is 0. The van der Waals surface area contributed by atoms with E-state index in [-0.39, 0.29) is 0 Å². The highest BCUT2D eigenvalue weighted by atomic mass is 16.5. The van der Waals surface area contributed by atoms with Crippen molar-refractivity contribution < 1.29 is 9.53 Å². The molecule has 0 saturated carbocycles. The van der Waals surface area contributed by atoms with Crippen LogP contribution in [0.1, 0.15) is 10.4 Å². The summed E-state index contributed by atoms with van der Waals surface area (Å²) in [5.41, 5.74) is 7.81. The molecule has 9 nitrogen and oxygen atoms in total. The highest BCUT2D eigenvalue weighted by Gasteiger charge is 2.22. The molecule has 0 radical (unpaired) electrons. The normalized spacial score (nSPS) is 13.8. The number of carbonyl (C=O) groups is 1. The van der Waals surface area contributed by atoms with Crippen LogP contribution in [0.5, 0.6) is 0 Å². The van der Waals surface area contributed by atoms with E-state index in [0.717, 1.165) is 32.0 Å². The number of esters is 1. The number of hydrogen-bond acceptors (Lipinski definition) is 9. The number of para-hydroxylation sites is 1. The summed E-state index contributed by atoms with van der Waals surface area (Å²) in [5, 5.41) is 3.15. The Bertz CT molecular complexity index is 1020. The van der Waals surface area contributed by atoms with Gasteiger partial charge in [0.2, 0.25) is 0 Å². The number of anilines is 5. The van der Waals surface area contributed by atoms with Crippen LogP contribution in [0.4, 0.5) is 28.8 Å². The number of nitrogens with zero attached hydrogens (tertiary/aromatic N) is 5. The molecule has 3 heterocycles. The fourth-order valence-electron chi connectivity index (χ4n) is 3.43. The van der Waals surface area contributed by atoms with E-state index < -0.39 is 5.97 Å². The molecule has 3 N–H and O–H groups in total. The molecule has 154 valence electrons. The monoisotopic (exact) mass is 405 g/mol. The molecule has 0 aliphatic carbocycles. The van der Waals surface area contributed by atoms with Crippen molar-refractivity contribution in [2.24, 2.45) is 0 Å². The molecular weight excluding hydrogens is 382 g/mol. The summed E-state index contributed by atoms with van der Waals surface area (Å²) in [7, 11) is 1.35. The molecule has 0 amide bonds. The first-order chi connectivity index (χ1) is 14.7. The zero-order valence-electron chi connectivity index (χ0n) is 16.7. The number of pyridine rings is 1. The molecule has 1 aliphatic rings. The van der Waals surface area contributed by atoms with Crippen LogP contribution in [0.15, 0.2) is 55.0 Å². The van der Waals surface area contributed by atoms with Gasteiger partial charge in [-0.2, -0.15) is 0 Å². The molecule has 0 spiro atoms. The third-order valence-corrected chi connectivity index (χ3v) is 5.00. The predicted octanol–water partition coefficient (Wildman–Crippen LogP) is 2.31. The lowest BCUT2D eigenvalue weighted by molar-refractivity contribution is 0.0602. The van der Waals surface area contributed by atoms with Crippen molar-refractivity contribution in [1.29, 1.82) is 0 Å². The van der Waals surface area contributed by atoms with E-state index in [2.05, 4.69) is 30.1 Å². The number of carbonyl (C=O) groups excluding carboxylic acids is 1. The summed E-state index contributed by atoms with van der Waals surface area (Å²) in [6.07, 6.45) is 3.27. The second-order valence-corrected chi connectivity index (χ2v) is 6.78. The number of nitrogens with one attached hydrogen (secondary N) is 1. The number of rotatable bonds is 5. The van der Waals surface area contributed by atoms with E-state index in [0.29, 0.717) is 28.6 Å². The highest BCUT2D eigenvalue weighted by Crippen LogP contribution is 2.30. The maximum absolute atomic E-state index is 12.0. The fourth-order valence-corrected chi connectivity index (χ4v) is 3.43. The van der Waals surface area contributed by atoms with Crippen molar-refractivity contribution in [3.63, 3.8) is 0 Å². The Hall–Kier alpha value is -3.88. The average Bonchev–Trinajstić information content (AvgIpc) is 2.81. The van der Waals surface area contributed by atoms with Gasteiger partial charge in [0.25, 0.3) is 0 Å². The molecule has 0 bridgehead atoms. The molecule has 4 rings (SSSR count). The first-order valence-corrected chi connectivity index (χ1v) is 9.63. The van der Waals surface area contributed by atoms with Crippen LogP contribution in [0.25, 0.3) is 0 Å². The zero-order chi connectivity index (χ0) is 20.9. The first kappa shape index (κ1) is 19.4. The summed E-state index contributed by atoms with van der Waals surface area (Å²) in [4.78, 5) is 29.5. The third-order valence-electron chi connectivity index (χ3n) is 5.00. The Morgan fingerprint density at radius 1 is 1.00 bits per heavy atom. The van der Waals surface area contributed by atoms with Crippen LogP contribution in [-0.2, 0) is 4.74 Å². The molecule has 0 unspecified atom stereocenters. The number of piperazine rings is 1. The molecule has 9 heteroatoms. The highest BCUT2D eigenvalue weighted by molar-refractivity contribution is 5.97. The molecular formula is C21H23N7O2. The zero-order valence-corrected chi connectivity index (χ0v) is 16.7. The van der Waals surface area contributed by atoms with Crippen LogP contribution >= 0.6 is 0 Å². The third kappa shape index (κ3) is 3.95. The minimum atomic E-state index is -0.434. The standard InChI is InChI=1S/C21H23N7O2/c1-30-21(29)15-6-2-3-7-16(15)26-19-18(22)20(25-14-24-19)28-12-10-27(11-13-28)17-8-4-5-9-23-17/h2-9,14H,10-13,22H2,1H3,(H,24,25,26). The number of nitrogens with two attached hydrogens (primary N) is 1. The molecule has 0 atom stereocenters. The van der Waals surface area contributed by atoms with Gasteiger partial charge in [0, 0.05) is 32.4 Å². The van der Waals surface area contributed by atoms with Crippen molar-refractivity contribution >= 4 is 34.8 Å². The van der Waals surface area contributed by atoms with Crippen molar-refractivity contribution in [3.8, 4) is 0 Å². The quantitative estimate of drug-likeness (QED) is 0.618. The average molecular weight is 405 g/mol. The van der Waals surface area contributed by atoms with Gasteiger partial charge in [0.15, 0.2) is 11.6 Å². The predicted molar refractivity (Wildman–Crippen MR) is 116 cm³/mol. The summed E-state index contributed by atoms with van der Waals surface area (Å²) in [5.74, 6) is 1.65. The summed E-state index contributed by atoms with van der Waals surface area (Å²) < 4.78 is 4.85. The van der Waals surface area contributed by atoms with Crippen molar-refractivity contribution in [3.05, 3.63) is 60.6 Å². The first-order valence-electron chi connectivity index (χ1n) is 9.63. The number of methoxy groups -OCH3 is 1. The van der Waals surface area contributed by atoms with E-state index in [9.17, 15) is 4.79 Å². The number of ether oxygens (including phenoxy) is 1. The Balaban J connectivity index is 1.51. The second kappa shape index (κ2) is 8.64. The minimum Gasteiger partial charge on any atom is -0.465 e. The smallest absolute Gasteiger partial charge is 0.339 e. The Kier molecular flexibility index (Phi) is 5.60. The van der Waals surface area contributed by atoms with Crippen LogP contribution < -0.4 is 20.9 Å². The SMILES string of the molecule is COC(=O)c1ccccc1Nc1ncnc(N2CCN(c3ccccn3)CC2)c1N. The number of hydrogen-bond donors (Lipinski definition) is 2. The molecule has 1 fully saturated rings. The van der Waals surface area contributed by atoms with Crippen LogP contribution in [0, 0.1) is 0 Å². The van der Waals surface area contributed by atoms with Crippen LogP contribution in [-0.4, -0.2) is 54.2 Å². The second-order valence-electron chi connectivity index (χ2n) is 6.78. The Morgan fingerprint density at radius 3 is 2.47 bits per heavy atom. The van der Waals surface area contributed by atoms with Crippen LogP contribution in [0.3, 0.4) is 0 Å². The van der Waals surface area contributed by atoms with Gasteiger partial charge in [-0.25, -0.2) is 19.7 Å². The number of nitrogen functional groups attached to an aromatic ring is 1. The lowest BCUT2D eigenvalue weighted by atomic mass is 10.2. The molecule has 2 aromatic heterocycles. The van der Waals surface area contributed by atoms with Crippen molar-refractivity contribution in [2.75, 3.05) is 54.1 Å². The largest absolute Gasteiger partial charge is 0.465 e. The van der Waals surface area contributed by atoms with Gasteiger partial charge in [-0.1, -0.05) is 18.2 Å². The van der Waals surface area contributed by atoms with E-state index in [4.69, 9.17) is 10.5 Å². The maximum atomic E-state index is 12.0. The summed E-state index contributed by atoms with van der Waals surface area (Å²) in [6, 6.07) is 13.0. The minimum absolute atomic E-state index is 0.406. The lowest BCUT2D eigenvalue weighted by Crippen LogP contribution is -2.47. The number of benzene rings is 1. The number of aromatic nitrogens is 3. The van der Waals surface area contributed by atoms with Crippen molar-refractivity contribution in [2.45, 2.75) is 0 Å². The van der Waals surface area contributed by atoms with Gasteiger partial charge in [-0.15, -0.1) is 0 Å². The van der Waals surface area contributed by atoms with E-state index >= 15 is 0 Å². The van der Waals surface area contributed by atoms with Crippen LogP contribution in [0.2, 0.25) is 0 Å². The molecule has 3 aromatic rings. The van der Waals surface area contributed by atoms with Gasteiger partial charge in [0.05, 0.1) is 18.4 Å². The van der Waals surface area contributed by atoms with Gasteiger partial charge in [-0.3, -0.25) is 0 Å². The lowest BCUT2D eigenvalue weighted by Gasteiger charge is -2.36. The van der Waals surface area contributed by atoms with E-state index in [1.807, 2.05) is 24.3 Å². The molecule has 1 aliphatic heterocycles. The van der Waals surface area contributed by atoms with Gasteiger partial charge >= 0.3 is 5.97 Å². The van der Waals surface area contributed by atoms with Crippen molar-refractivity contribution in [1.82, 2.24) is 15.0 Å². The maximum Gasteiger partial charge on any atom is 0.339 e. The van der Waals surface area contributed by atoms with Gasteiger partial charge < -0.3 is 25.6 Å². The summed E-state index contributed by atoms with van der Waals surface area (Å²) in [6.45, 7) is 3.15. The van der Waals surface area contributed by atoms with Gasteiger partial charge in [-0.05, 0) is 24.3 Å². The molecule has 30 heavy (non-hydrogen) atoms. The molecule has 1 aromatic carbocycles. The van der Waals surface area contributed by atoms with E-state index in [1.54, 1.807) is 24.4 Å². The fraction of sp³-hybridized carbons (Fsp3) is 0.238. The topological polar surface area (TPSA) is 109 Å².